The molecule has 0 atom stereocenters. The lowest BCUT2D eigenvalue weighted by Gasteiger charge is -2.00. The monoisotopic (exact) mass is 201 g/mol. The van der Waals surface area contributed by atoms with Crippen LogP contribution in [0.2, 0.25) is 0 Å². The highest BCUT2D eigenvalue weighted by molar-refractivity contribution is 8.02. The van der Waals surface area contributed by atoms with Gasteiger partial charge >= 0.3 is 0 Å². The molecule has 0 bridgehead atoms. The Morgan fingerprint density at radius 2 is 2.23 bits per heavy atom. The van der Waals surface area contributed by atoms with Crippen molar-refractivity contribution in [1.82, 2.24) is 5.32 Å². The number of nitrogens with one attached hydrogen (secondary N) is 1. The molecule has 0 aromatic rings. The van der Waals surface area contributed by atoms with E-state index in [1.54, 1.807) is 11.8 Å². The van der Waals surface area contributed by atoms with E-state index in [1.165, 1.54) is 4.91 Å². The molecule has 0 fully saturated rings. The topological polar surface area (TPSA) is 32.3 Å². The standard InChI is InChI=1S/C10H19NOS/c1-3-5-10(13-2)6-4-7-11-8-9-12/h3,5-6,11-12H,4,7-9H2,1-2H3/b5-3-,10-6+. The highest BCUT2D eigenvalue weighted by Gasteiger charge is 1.88. The fraction of sp³-hybridized carbons (Fsp3) is 0.600. The molecule has 0 aliphatic rings. The summed E-state index contributed by atoms with van der Waals surface area (Å²) >= 11 is 1.76. The van der Waals surface area contributed by atoms with Gasteiger partial charge in [0.25, 0.3) is 0 Å². The average Bonchev–Trinajstić information content (AvgIpc) is 2.16. The lowest BCUT2D eigenvalue weighted by Crippen LogP contribution is -2.18. The molecule has 0 aliphatic heterocycles. The molecule has 0 spiro atoms. The molecular formula is C10H19NOS. The predicted molar refractivity (Wildman–Crippen MR) is 61.0 cm³/mol. The Balaban J connectivity index is 3.55. The second kappa shape index (κ2) is 9.84. The number of hydrogen-bond donors (Lipinski definition) is 2. The molecule has 0 aromatic heterocycles. The van der Waals surface area contributed by atoms with E-state index in [0.717, 1.165) is 13.0 Å². The van der Waals surface area contributed by atoms with E-state index in [2.05, 4.69) is 23.7 Å². The van der Waals surface area contributed by atoms with Crippen molar-refractivity contribution in [2.24, 2.45) is 0 Å². The van der Waals surface area contributed by atoms with Crippen molar-refractivity contribution in [3.63, 3.8) is 0 Å². The molecule has 13 heavy (non-hydrogen) atoms. The summed E-state index contributed by atoms with van der Waals surface area (Å²) in [5.74, 6) is 0. The molecule has 0 saturated heterocycles. The lowest BCUT2D eigenvalue weighted by molar-refractivity contribution is 0.293. The zero-order chi connectivity index (χ0) is 9.94. The first-order valence-electron chi connectivity index (χ1n) is 4.53. The van der Waals surface area contributed by atoms with E-state index in [-0.39, 0.29) is 6.61 Å². The number of thioether (sulfide) groups is 1. The number of aliphatic hydroxyl groups is 1. The minimum atomic E-state index is 0.216. The van der Waals surface area contributed by atoms with Crippen molar-refractivity contribution < 1.29 is 5.11 Å². The van der Waals surface area contributed by atoms with Gasteiger partial charge in [-0.3, -0.25) is 0 Å². The molecule has 0 radical (unpaired) electrons. The molecule has 0 unspecified atom stereocenters. The van der Waals surface area contributed by atoms with Crippen LogP contribution in [0.1, 0.15) is 13.3 Å². The molecule has 0 aliphatic carbocycles. The Bertz CT molecular complexity index is 166. The lowest BCUT2D eigenvalue weighted by atomic mass is 10.3. The Morgan fingerprint density at radius 3 is 2.77 bits per heavy atom. The third-order valence-electron chi connectivity index (χ3n) is 1.52. The second-order valence-corrected chi connectivity index (χ2v) is 3.45. The van der Waals surface area contributed by atoms with E-state index in [9.17, 15) is 0 Å². The van der Waals surface area contributed by atoms with Gasteiger partial charge in [0.05, 0.1) is 6.61 Å². The number of aliphatic hydroxyl groups excluding tert-OH is 1. The normalized spacial score (nSPS) is 12.7. The minimum Gasteiger partial charge on any atom is -0.395 e. The molecule has 0 heterocycles. The fourth-order valence-electron chi connectivity index (χ4n) is 0.904. The van der Waals surface area contributed by atoms with Crippen LogP contribution in [0.5, 0.6) is 0 Å². The zero-order valence-electron chi connectivity index (χ0n) is 8.42. The van der Waals surface area contributed by atoms with Gasteiger partial charge in [0.15, 0.2) is 0 Å². The van der Waals surface area contributed by atoms with Crippen LogP contribution in [0.3, 0.4) is 0 Å². The molecule has 0 rings (SSSR count). The van der Waals surface area contributed by atoms with Gasteiger partial charge in [-0.1, -0.05) is 18.2 Å². The quantitative estimate of drug-likeness (QED) is 0.486. The van der Waals surface area contributed by atoms with Crippen LogP contribution in [0.4, 0.5) is 0 Å². The molecule has 0 aromatic carbocycles. The van der Waals surface area contributed by atoms with Crippen molar-refractivity contribution in [3.05, 3.63) is 23.1 Å². The van der Waals surface area contributed by atoms with Gasteiger partial charge < -0.3 is 10.4 Å². The summed E-state index contributed by atoms with van der Waals surface area (Å²) in [5.41, 5.74) is 0. The van der Waals surface area contributed by atoms with Crippen molar-refractivity contribution in [1.29, 1.82) is 0 Å². The molecule has 0 amide bonds. The van der Waals surface area contributed by atoms with Crippen molar-refractivity contribution in [3.8, 4) is 0 Å². The maximum atomic E-state index is 8.51. The first-order chi connectivity index (χ1) is 6.35. The summed E-state index contributed by atoms with van der Waals surface area (Å²) in [7, 11) is 0. The van der Waals surface area contributed by atoms with Crippen molar-refractivity contribution in [2.75, 3.05) is 26.0 Å². The molecule has 76 valence electrons. The van der Waals surface area contributed by atoms with Gasteiger partial charge in [0, 0.05) is 11.4 Å². The Morgan fingerprint density at radius 1 is 1.46 bits per heavy atom. The Kier molecular flexibility index (Phi) is 9.65. The number of allylic oxidation sites excluding steroid dienone is 2. The van der Waals surface area contributed by atoms with E-state index >= 15 is 0 Å². The van der Waals surface area contributed by atoms with E-state index in [4.69, 9.17) is 5.11 Å². The maximum Gasteiger partial charge on any atom is 0.0555 e. The highest BCUT2D eigenvalue weighted by atomic mass is 32.2. The summed E-state index contributed by atoms with van der Waals surface area (Å²) in [4.78, 5) is 1.30. The molecule has 3 heteroatoms. The van der Waals surface area contributed by atoms with Crippen molar-refractivity contribution >= 4 is 11.8 Å². The van der Waals surface area contributed by atoms with Crippen LogP contribution in [-0.2, 0) is 0 Å². The van der Waals surface area contributed by atoms with E-state index in [1.807, 2.05) is 13.0 Å². The molecular weight excluding hydrogens is 182 g/mol. The number of rotatable bonds is 7. The summed E-state index contributed by atoms with van der Waals surface area (Å²) in [6, 6.07) is 0. The largest absolute Gasteiger partial charge is 0.395 e. The number of hydrogen-bond acceptors (Lipinski definition) is 3. The van der Waals surface area contributed by atoms with E-state index in [0.29, 0.717) is 6.54 Å². The zero-order valence-corrected chi connectivity index (χ0v) is 9.23. The fourth-order valence-corrected chi connectivity index (χ4v) is 1.46. The van der Waals surface area contributed by atoms with Gasteiger partial charge in [0.2, 0.25) is 0 Å². The first-order valence-corrected chi connectivity index (χ1v) is 5.76. The van der Waals surface area contributed by atoms with Gasteiger partial charge in [-0.15, -0.1) is 11.8 Å². The predicted octanol–water partition coefficient (Wildman–Crippen LogP) is 1.78. The summed E-state index contributed by atoms with van der Waals surface area (Å²) in [5, 5.41) is 11.6. The summed E-state index contributed by atoms with van der Waals surface area (Å²) in [6.07, 6.45) is 9.45. The average molecular weight is 201 g/mol. The third-order valence-corrected chi connectivity index (χ3v) is 2.30. The summed E-state index contributed by atoms with van der Waals surface area (Å²) < 4.78 is 0. The van der Waals surface area contributed by atoms with Gasteiger partial charge in [-0.25, -0.2) is 0 Å². The summed E-state index contributed by atoms with van der Waals surface area (Å²) in [6.45, 7) is 3.86. The Labute approximate surface area is 85.1 Å². The third kappa shape index (κ3) is 8.09. The van der Waals surface area contributed by atoms with Crippen LogP contribution in [0.25, 0.3) is 0 Å². The van der Waals surface area contributed by atoms with Crippen LogP contribution >= 0.6 is 11.8 Å². The van der Waals surface area contributed by atoms with Gasteiger partial charge in [0.1, 0.15) is 0 Å². The minimum absolute atomic E-state index is 0.216. The van der Waals surface area contributed by atoms with Crippen LogP contribution in [-0.4, -0.2) is 31.1 Å². The van der Waals surface area contributed by atoms with Crippen LogP contribution in [0, 0.1) is 0 Å². The van der Waals surface area contributed by atoms with Gasteiger partial charge in [-0.2, -0.15) is 0 Å². The molecule has 2 N–H and O–H groups in total. The van der Waals surface area contributed by atoms with Gasteiger partial charge in [-0.05, 0) is 26.1 Å². The van der Waals surface area contributed by atoms with Crippen LogP contribution < -0.4 is 5.32 Å². The SMILES string of the molecule is C/C=C\C(=C/CCNCCO)SC. The van der Waals surface area contributed by atoms with Crippen molar-refractivity contribution in [2.45, 2.75) is 13.3 Å². The highest BCUT2D eigenvalue weighted by Crippen LogP contribution is 2.13. The van der Waals surface area contributed by atoms with E-state index < -0.39 is 0 Å². The molecule has 0 saturated carbocycles. The second-order valence-electron chi connectivity index (χ2n) is 2.57. The first kappa shape index (κ1) is 12.8. The maximum absolute atomic E-state index is 8.51. The Hall–Kier alpha value is -0.250. The van der Waals surface area contributed by atoms with Crippen LogP contribution in [0.15, 0.2) is 23.1 Å². The smallest absolute Gasteiger partial charge is 0.0555 e. The molecule has 2 nitrogen and oxygen atoms in total.